The molecule has 15 nitrogen and oxygen atoms in total. The minimum atomic E-state index is -2.30. The van der Waals surface area contributed by atoms with E-state index in [-0.39, 0.29) is 33.8 Å². The monoisotopic (exact) mass is 685 g/mol. The number of methoxy groups -OCH3 is 3. The molecule has 4 rings (SSSR count). The Balaban J connectivity index is 1.46. The summed E-state index contributed by atoms with van der Waals surface area (Å²) < 4.78 is 26.1. The number of nitrogens with one attached hydrogen (secondary N) is 3. The number of carboxylic acid groups (broad SMARTS) is 1. The van der Waals surface area contributed by atoms with E-state index >= 15 is 0 Å². The molecule has 0 unspecified atom stereocenters. The van der Waals surface area contributed by atoms with E-state index in [1.54, 1.807) is 12.1 Å². The number of hydrogen-bond acceptors (Lipinski definition) is 11. The van der Waals surface area contributed by atoms with E-state index in [0.29, 0.717) is 11.4 Å². The fraction of sp³-hybridized carbons (Fsp3) is 0.143. The molecule has 0 radical (unpaired) electrons. The third-order valence-corrected chi connectivity index (χ3v) is 6.89. The van der Waals surface area contributed by atoms with Gasteiger partial charge in [-0.1, -0.05) is 36.4 Å². The zero-order valence-electron chi connectivity index (χ0n) is 26.8. The number of amides is 3. The summed E-state index contributed by atoms with van der Waals surface area (Å²) in [7, 11) is 4.25. The zero-order chi connectivity index (χ0) is 36.2. The Kier molecular flexibility index (Phi) is 12.1. The zero-order valence-corrected chi connectivity index (χ0v) is 26.8. The Bertz CT molecular complexity index is 1840. The fourth-order valence-electron chi connectivity index (χ4n) is 4.39. The molecule has 15 heteroatoms. The van der Waals surface area contributed by atoms with Crippen LogP contribution in [0.2, 0.25) is 0 Å². The fourth-order valence-corrected chi connectivity index (χ4v) is 4.39. The Hall–Kier alpha value is -6.90. The van der Waals surface area contributed by atoms with Gasteiger partial charge in [0.2, 0.25) is 18.0 Å². The Labute approximate surface area is 285 Å². The minimum Gasteiger partial charge on any atom is -0.493 e. The first-order valence-corrected chi connectivity index (χ1v) is 14.6. The van der Waals surface area contributed by atoms with E-state index in [9.17, 15) is 33.9 Å². The molecule has 0 aliphatic heterocycles. The highest BCUT2D eigenvalue weighted by molar-refractivity contribution is 6.05. The van der Waals surface area contributed by atoms with E-state index in [2.05, 4.69) is 10.7 Å². The first-order valence-electron chi connectivity index (χ1n) is 14.6. The molecule has 3 amide bonds. The van der Waals surface area contributed by atoms with Crippen molar-refractivity contribution < 1.29 is 57.6 Å². The number of esters is 2. The molecule has 4 aromatic carbocycles. The highest BCUT2D eigenvalue weighted by Crippen LogP contribution is 2.38. The van der Waals surface area contributed by atoms with Crippen LogP contribution in [0.4, 0.5) is 5.69 Å². The van der Waals surface area contributed by atoms with Crippen molar-refractivity contribution in [2.45, 2.75) is 12.2 Å². The van der Waals surface area contributed by atoms with Crippen LogP contribution in [0.15, 0.2) is 97.1 Å². The van der Waals surface area contributed by atoms with Crippen molar-refractivity contribution in [2.75, 3.05) is 26.6 Å². The average Bonchev–Trinajstić information content (AvgIpc) is 3.14. The lowest BCUT2D eigenvalue weighted by molar-refractivity contribution is -0.159. The summed E-state index contributed by atoms with van der Waals surface area (Å²) in [6.07, 6.45) is -4.54. The second-order valence-corrected chi connectivity index (χ2v) is 10.1. The molecule has 0 aliphatic carbocycles. The van der Waals surface area contributed by atoms with Crippen molar-refractivity contribution in [2.24, 2.45) is 0 Å². The highest BCUT2D eigenvalue weighted by atomic mass is 16.6. The number of carbonyl (C=O) groups is 6. The van der Waals surface area contributed by atoms with Gasteiger partial charge in [-0.2, -0.15) is 0 Å². The number of carbonyl (C=O) groups excluding carboxylic acids is 5. The van der Waals surface area contributed by atoms with Crippen molar-refractivity contribution in [1.82, 2.24) is 10.9 Å². The third kappa shape index (κ3) is 8.92. The largest absolute Gasteiger partial charge is 0.493 e. The standard InChI is InChI=1S/C35H31N3O12/c1-46-25-18-23(19-26(47-2)27(25)48-3)30(39)36-24-16-14-20(15-17-24)31(40)37-38-32(41)28(49-34(44)21-10-6-4-7-11-21)29(33(42)43)50-35(45)22-12-8-5-9-13-22/h4-19,28-29H,1-3H3,(H,36,39)(H,37,40)(H,38,41)(H,42,43)/t28-,29+/m0/s1. The number of anilines is 1. The summed E-state index contributed by atoms with van der Waals surface area (Å²) in [4.78, 5) is 76.7. The lowest BCUT2D eigenvalue weighted by atomic mass is 10.1. The molecule has 0 heterocycles. The van der Waals surface area contributed by atoms with Gasteiger partial charge in [0.25, 0.3) is 17.7 Å². The molecule has 50 heavy (non-hydrogen) atoms. The highest BCUT2D eigenvalue weighted by Gasteiger charge is 2.41. The molecule has 4 aromatic rings. The molecular formula is C35H31N3O12. The van der Waals surface area contributed by atoms with Crippen molar-refractivity contribution >= 4 is 41.3 Å². The molecule has 0 saturated carbocycles. The van der Waals surface area contributed by atoms with Crippen LogP contribution in [-0.2, 0) is 19.1 Å². The van der Waals surface area contributed by atoms with E-state index in [1.807, 2.05) is 5.43 Å². The number of benzene rings is 4. The minimum absolute atomic E-state index is 0.0132. The second-order valence-electron chi connectivity index (χ2n) is 10.1. The normalized spacial score (nSPS) is 11.5. The quantitative estimate of drug-likeness (QED) is 0.118. The van der Waals surface area contributed by atoms with Crippen molar-refractivity contribution in [3.05, 3.63) is 119 Å². The van der Waals surface area contributed by atoms with Crippen LogP contribution in [0.1, 0.15) is 41.4 Å². The predicted molar refractivity (Wildman–Crippen MR) is 175 cm³/mol. The van der Waals surface area contributed by atoms with Crippen LogP contribution < -0.4 is 30.4 Å². The smallest absolute Gasteiger partial charge is 0.349 e. The first kappa shape index (κ1) is 35.9. The molecule has 0 aliphatic rings. The molecule has 0 spiro atoms. The van der Waals surface area contributed by atoms with Gasteiger partial charge in [-0.15, -0.1) is 0 Å². The van der Waals surface area contributed by atoms with Crippen LogP contribution in [0, 0.1) is 0 Å². The second kappa shape index (κ2) is 16.8. The van der Waals surface area contributed by atoms with Crippen molar-refractivity contribution in [3.8, 4) is 17.2 Å². The SMILES string of the molecule is COc1cc(C(=O)Nc2ccc(C(=O)NNC(=O)[C@@H](OC(=O)c3ccccc3)[C@@H](OC(=O)c3ccccc3)C(=O)O)cc2)cc(OC)c1OC. The molecule has 2 atom stereocenters. The molecule has 4 N–H and O–H groups in total. The maximum Gasteiger partial charge on any atom is 0.349 e. The predicted octanol–water partition coefficient (Wildman–Crippen LogP) is 3.26. The number of ether oxygens (including phenoxy) is 5. The van der Waals surface area contributed by atoms with Crippen molar-refractivity contribution in [3.63, 3.8) is 0 Å². The molecule has 258 valence electrons. The lowest BCUT2D eigenvalue weighted by Gasteiger charge is -2.23. The number of rotatable bonds is 13. The van der Waals surface area contributed by atoms with Gasteiger partial charge in [0.15, 0.2) is 11.5 Å². The van der Waals surface area contributed by atoms with Gasteiger partial charge in [0.05, 0.1) is 32.5 Å². The van der Waals surface area contributed by atoms with Crippen LogP contribution >= 0.6 is 0 Å². The third-order valence-electron chi connectivity index (χ3n) is 6.89. The van der Waals surface area contributed by atoms with Gasteiger partial charge < -0.3 is 34.1 Å². The van der Waals surface area contributed by atoms with Gasteiger partial charge in [-0.05, 0) is 60.7 Å². The van der Waals surface area contributed by atoms with Gasteiger partial charge in [-0.25, -0.2) is 14.4 Å². The number of aliphatic carboxylic acids is 1. The topological polar surface area (TPSA) is 205 Å². The summed E-state index contributed by atoms with van der Waals surface area (Å²) in [6.45, 7) is 0. The summed E-state index contributed by atoms with van der Waals surface area (Å²) in [5.41, 5.74) is 4.58. The lowest BCUT2D eigenvalue weighted by Crippen LogP contribution is -2.54. The van der Waals surface area contributed by atoms with Crippen LogP contribution in [0.25, 0.3) is 0 Å². The van der Waals surface area contributed by atoms with Gasteiger partial charge in [0, 0.05) is 16.8 Å². The van der Waals surface area contributed by atoms with E-state index < -0.39 is 47.8 Å². The number of carboxylic acids is 1. The first-order chi connectivity index (χ1) is 24.1. The maximum absolute atomic E-state index is 13.2. The van der Waals surface area contributed by atoms with E-state index in [4.69, 9.17) is 23.7 Å². The van der Waals surface area contributed by atoms with Crippen LogP contribution in [0.5, 0.6) is 17.2 Å². The molecule has 0 aromatic heterocycles. The molecule has 0 saturated heterocycles. The Morgan fingerprint density at radius 3 is 1.52 bits per heavy atom. The van der Waals surface area contributed by atoms with Crippen LogP contribution in [-0.4, -0.2) is 74.3 Å². The summed E-state index contributed by atoms with van der Waals surface area (Å²) in [5, 5.41) is 12.6. The number of hydrazine groups is 1. The Morgan fingerprint density at radius 1 is 0.560 bits per heavy atom. The summed E-state index contributed by atoms with van der Waals surface area (Å²) in [5.74, 6) is -5.85. The molecule has 0 bridgehead atoms. The maximum atomic E-state index is 13.2. The van der Waals surface area contributed by atoms with Gasteiger partial charge in [-0.3, -0.25) is 25.2 Å². The Morgan fingerprint density at radius 2 is 1.06 bits per heavy atom. The molecular weight excluding hydrogens is 654 g/mol. The molecule has 0 fully saturated rings. The summed E-state index contributed by atoms with van der Waals surface area (Å²) in [6, 6.07) is 23.2. The van der Waals surface area contributed by atoms with E-state index in [1.165, 1.54) is 106 Å². The van der Waals surface area contributed by atoms with Crippen molar-refractivity contribution in [1.29, 1.82) is 0 Å². The average molecular weight is 686 g/mol. The van der Waals surface area contributed by atoms with Gasteiger partial charge >= 0.3 is 17.9 Å². The van der Waals surface area contributed by atoms with E-state index in [0.717, 1.165) is 0 Å². The van der Waals surface area contributed by atoms with Gasteiger partial charge in [0.1, 0.15) is 0 Å². The van der Waals surface area contributed by atoms with Crippen LogP contribution in [0.3, 0.4) is 0 Å². The summed E-state index contributed by atoms with van der Waals surface area (Å²) >= 11 is 0. The number of hydrogen-bond donors (Lipinski definition) is 4.